The molecule has 16 heteroatoms. The van der Waals surface area contributed by atoms with Gasteiger partial charge in [-0.15, -0.1) is 13.8 Å². The zero-order valence-corrected chi connectivity index (χ0v) is 36.1. The second kappa shape index (κ2) is 14.6. The molecule has 0 bridgehead atoms. The van der Waals surface area contributed by atoms with E-state index in [1.54, 1.807) is 0 Å². The first-order valence-corrected chi connectivity index (χ1v) is 19.5. The topological polar surface area (TPSA) is 211 Å². The Labute approximate surface area is 327 Å². The van der Waals surface area contributed by atoms with Gasteiger partial charge in [-0.25, -0.2) is 0 Å². The van der Waals surface area contributed by atoms with Crippen LogP contribution in [0.2, 0.25) is 0 Å². The van der Waals surface area contributed by atoms with Crippen LogP contribution in [-0.4, -0.2) is 126 Å². The van der Waals surface area contributed by atoms with Gasteiger partial charge in [0.2, 0.25) is 17.7 Å². The SMILES string of the molecule is CC(=O)NC1CC(C)(C)[N+](CC(=O)[O-])(N([N+]2(CC(=O)[O-])C(C)(C)CC(NC(C)=O)CC2(C)C)[N+]2(CC(=O)[O-])C(C)(C)CC(NC(C)=O)CC2(C)C)C(C)(C)C1. The summed E-state index contributed by atoms with van der Waals surface area (Å²) in [5.41, 5.74) is -6.97. The van der Waals surface area contributed by atoms with Crippen molar-refractivity contribution in [1.29, 1.82) is 0 Å². The Morgan fingerprint density at radius 2 is 0.600 bits per heavy atom. The maximum atomic E-state index is 13.6. The number of aliphatic carboxylic acids is 3. The van der Waals surface area contributed by atoms with E-state index in [9.17, 15) is 44.1 Å². The van der Waals surface area contributed by atoms with Crippen molar-refractivity contribution in [1.82, 2.24) is 21.2 Å². The molecule has 0 radical (unpaired) electrons. The van der Waals surface area contributed by atoms with E-state index in [0.29, 0.717) is 0 Å². The first kappa shape index (κ1) is 46.0. The van der Waals surface area contributed by atoms with Crippen molar-refractivity contribution in [3.8, 4) is 0 Å². The highest BCUT2D eigenvalue weighted by Crippen LogP contribution is 2.62. The predicted octanol–water partition coefficient (Wildman–Crippen LogP) is -0.699. The lowest BCUT2D eigenvalue weighted by atomic mass is 9.72. The van der Waals surface area contributed by atoms with Crippen molar-refractivity contribution in [3.63, 3.8) is 0 Å². The molecule has 0 unspecified atom stereocenters. The van der Waals surface area contributed by atoms with Crippen LogP contribution in [0.1, 0.15) is 142 Å². The number of carbonyl (C=O) groups excluding carboxylic acids is 6. The summed E-state index contributed by atoms with van der Waals surface area (Å²) in [6.07, 6.45) is 1.42. The van der Waals surface area contributed by atoms with E-state index in [0.717, 1.165) is 0 Å². The molecule has 3 aliphatic rings. The molecular formula is C39H69N7O9. The van der Waals surface area contributed by atoms with Crippen LogP contribution in [0.25, 0.3) is 0 Å². The van der Waals surface area contributed by atoms with E-state index in [-0.39, 0.29) is 56.2 Å². The number of nitrogens with one attached hydrogen (secondary N) is 3. The van der Waals surface area contributed by atoms with Crippen molar-refractivity contribution in [2.45, 2.75) is 194 Å². The number of amides is 3. The molecule has 3 rings (SSSR count). The van der Waals surface area contributed by atoms with Crippen molar-refractivity contribution in [2.24, 2.45) is 0 Å². The maximum absolute atomic E-state index is 13.6. The monoisotopic (exact) mass is 780 g/mol. The van der Waals surface area contributed by atoms with Crippen LogP contribution in [0.3, 0.4) is 0 Å². The minimum Gasteiger partial charge on any atom is -0.544 e. The lowest BCUT2D eigenvalue weighted by Gasteiger charge is -2.77. The summed E-state index contributed by atoms with van der Waals surface area (Å²) < 4.78 is -1.48. The smallest absolute Gasteiger partial charge is 0.217 e. The highest BCUT2D eigenvalue weighted by molar-refractivity contribution is 5.74. The summed E-state index contributed by atoms with van der Waals surface area (Å²) in [4.78, 5) is 78.6. The van der Waals surface area contributed by atoms with E-state index in [1.807, 2.05) is 88.3 Å². The van der Waals surface area contributed by atoms with Crippen LogP contribution < -0.4 is 31.3 Å². The van der Waals surface area contributed by atoms with Gasteiger partial charge in [0, 0.05) is 77.4 Å². The predicted molar refractivity (Wildman–Crippen MR) is 197 cm³/mol. The van der Waals surface area contributed by atoms with E-state index >= 15 is 0 Å². The molecule has 3 saturated heterocycles. The molecule has 3 N–H and O–H groups in total. The van der Waals surface area contributed by atoms with Gasteiger partial charge in [0.1, 0.15) is 52.9 Å². The summed E-state index contributed by atoms with van der Waals surface area (Å²) >= 11 is 0. The second-order valence-electron chi connectivity index (χ2n) is 20.5. The standard InChI is InChI=1S/C39H69N7O9/c1-25(47)40-28-16-34(4,5)44(22-31(50)51,35(6,7)17-28)43(45(23-32(52)53)36(8,9)18-29(41-26(2)48)19-37(45,10)11)46(24-33(54)55)38(12,13)20-30(42-27(3)49)21-39(46,14)15/h28-30H,16-24H2,1-15H3,(H3-3,40,41,42,47,48,49,50,51,52,53,54,55). The number of nitrogens with zero attached hydrogens (tertiary/aromatic N) is 4. The maximum Gasteiger partial charge on any atom is 0.217 e. The summed E-state index contributed by atoms with van der Waals surface area (Å²) in [7, 11) is 0. The molecule has 3 fully saturated rings. The second-order valence-corrected chi connectivity index (χ2v) is 20.5. The summed E-state index contributed by atoms with van der Waals surface area (Å²) in [5, 5.41) is 52.0. The summed E-state index contributed by atoms with van der Waals surface area (Å²) in [5.74, 6) is -5.10. The largest absolute Gasteiger partial charge is 0.544 e. The van der Waals surface area contributed by atoms with Gasteiger partial charge in [-0.1, -0.05) is 0 Å². The molecule has 0 atom stereocenters. The van der Waals surface area contributed by atoms with Crippen LogP contribution in [0.4, 0.5) is 0 Å². The normalized spacial score (nSPS) is 34.1. The number of rotatable bonds is 12. The first-order valence-electron chi connectivity index (χ1n) is 19.5. The van der Waals surface area contributed by atoms with Crippen molar-refractivity contribution in [2.75, 3.05) is 19.6 Å². The van der Waals surface area contributed by atoms with Gasteiger partial charge >= 0.3 is 0 Å². The Kier molecular flexibility index (Phi) is 12.2. The van der Waals surface area contributed by atoms with Gasteiger partial charge in [-0.2, -0.15) is 0 Å². The first-order chi connectivity index (χ1) is 24.6. The van der Waals surface area contributed by atoms with Crippen LogP contribution >= 0.6 is 0 Å². The molecule has 0 saturated carbocycles. The third kappa shape index (κ3) is 7.60. The lowest BCUT2D eigenvalue weighted by molar-refractivity contribution is -1.48. The van der Waals surface area contributed by atoms with E-state index in [4.69, 9.17) is 0 Å². The number of carboxylic acid groups (broad SMARTS) is 3. The molecule has 0 aromatic rings. The van der Waals surface area contributed by atoms with E-state index < -0.39 is 103 Å². The Balaban J connectivity index is 2.83. The third-order valence-electron chi connectivity index (χ3n) is 13.7. The average Bonchev–Trinajstić information content (AvgIpc) is 2.89. The fourth-order valence-electron chi connectivity index (χ4n) is 12.6. The Morgan fingerprint density at radius 3 is 0.727 bits per heavy atom. The number of hydrogen-bond donors (Lipinski definition) is 3. The third-order valence-corrected chi connectivity index (χ3v) is 13.7. The number of carboxylic acids is 3. The Hall–Kier alpha value is -3.34. The van der Waals surface area contributed by atoms with Crippen LogP contribution in [0.15, 0.2) is 0 Å². The molecule has 3 heterocycles. The van der Waals surface area contributed by atoms with Gasteiger partial charge in [0.05, 0.1) is 17.9 Å². The van der Waals surface area contributed by atoms with Crippen molar-refractivity contribution < 1.29 is 57.9 Å². The van der Waals surface area contributed by atoms with Gasteiger partial charge in [0.15, 0.2) is 5.23 Å². The van der Waals surface area contributed by atoms with Crippen LogP contribution in [0.5, 0.6) is 0 Å². The van der Waals surface area contributed by atoms with Crippen molar-refractivity contribution >= 4 is 35.6 Å². The minimum absolute atomic E-state index is 0.237. The molecule has 0 aromatic heterocycles. The van der Waals surface area contributed by atoms with E-state index in [2.05, 4.69) is 16.0 Å². The number of quaternary nitrogens is 3. The summed E-state index contributed by atoms with van der Waals surface area (Å²) in [6.45, 7) is 24.8. The molecule has 16 nitrogen and oxygen atoms in total. The molecule has 3 aliphatic heterocycles. The molecule has 0 spiro atoms. The van der Waals surface area contributed by atoms with Gasteiger partial charge < -0.3 is 45.7 Å². The fraction of sp³-hybridized carbons (Fsp3) is 0.846. The number of likely N-dealkylation sites (tertiary alicyclic amines) is 3. The van der Waals surface area contributed by atoms with Gasteiger partial charge in [0.25, 0.3) is 0 Å². The Morgan fingerprint density at radius 1 is 0.436 bits per heavy atom. The molecule has 55 heavy (non-hydrogen) atoms. The average molecular weight is 780 g/mol. The van der Waals surface area contributed by atoms with Gasteiger partial charge in [-0.3, -0.25) is 14.4 Å². The lowest BCUT2D eigenvalue weighted by Crippen LogP contribution is -3.02. The minimum atomic E-state index is -1.44. The highest BCUT2D eigenvalue weighted by atomic mass is 16.4. The molecule has 0 aromatic carbocycles. The highest BCUT2D eigenvalue weighted by Gasteiger charge is 2.84. The molecule has 3 amide bonds. The molecule has 0 aliphatic carbocycles. The fourth-order valence-corrected chi connectivity index (χ4v) is 12.6. The summed E-state index contributed by atoms with van der Waals surface area (Å²) in [6, 6.07) is -1.25. The van der Waals surface area contributed by atoms with Crippen molar-refractivity contribution in [3.05, 3.63) is 0 Å². The molecule has 314 valence electrons. The van der Waals surface area contributed by atoms with Crippen LogP contribution in [0, 0.1) is 0 Å². The number of carbonyl (C=O) groups is 6. The van der Waals surface area contributed by atoms with Gasteiger partial charge in [-0.05, 0) is 83.1 Å². The quantitative estimate of drug-likeness (QED) is 0.212. The zero-order chi connectivity index (χ0) is 42.8. The van der Waals surface area contributed by atoms with Crippen LogP contribution in [-0.2, 0) is 28.8 Å². The molecular weight excluding hydrogens is 710 g/mol. The number of hydrogen-bond acceptors (Lipinski definition) is 10. The van der Waals surface area contributed by atoms with E-state index in [1.165, 1.54) is 20.8 Å². The zero-order valence-electron chi connectivity index (χ0n) is 36.1. The number of piperidine rings is 3. The Bertz CT molecular complexity index is 1330.